The minimum atomic E-state index is -4.63. The summed E-state index contributed by atoms with van der Waals surface area (Å²) in [6.45, 7) is 0. The standard InChI is InChI=1S/C14H18N3O5PS/c18-13(17-23(19,20)21)16-14-15-11-7-6-10(8-12(11)24-14)22-9-4-2-1-3-5-9/h6-9H,1-5H2,(H4,15,16,17,18,19,20,21). The van der Waals surface area contributed by atoms with Crippen LogP contribution in [0.25, 0.3) is 10.2 Å². The molecule has 1 fully saturated rings. The molecule has 1 aliphatic rings. The maximum absolute atomic E-state index is 11.5. The number of rotatable bonds is 4. The fraction of sp³-hybridized carbons (Fsp3) is 0.429. The summed E-state index contributed by atoms with van der Waals surface area (Å²) in [5.41, 5.74) is 0.683. The number of fused-ring (bicyclic) bond motifs is 1. The first-order chi connectivity index (χ1) is 11.4. The van der Waals surface area contributed by atoms with Crippen LogP contribution in [-0.4, -0.2) is 26.9 Å². The number of hydrogen-bond acceptors (Lipinski definition) is 5. The second-order valence-electron chi connectivity index (χ2n) is 5.64. The number of amides is 2. The van der Waals surface area contributed by atoms with Gasteiger partial charge in [0.1, 0.15) is 5.75 Å². The molecule has 1 heterocycles. The summed E-state index contributed by atoms with van der Waals surface area (Å²) in [5.74, 6) is 0.768. The van der Waals surface area contributed by atoms with Gasteiger partial charge in [0.25, 0.3) is 0 Å². The van der Waals surface area contributed by atoms with Gasteiger partial charge in [0.05, 0.1) is 16.3 Å². The lowest BCUT2D eigenvalue weighted by atomic mass is 9.98. The molecule has 1 aliphatic carbocycles. The van der Waals surface area contributed by atoms with Gasteiger partial charge in [0.2, 0.25) is 0 Å². The molecular weight excluding hydrogens is 353 g/mol. The first-order valence-electron chi connectivity index (χ1n) is 7.61. The smallest absolute Gasteiger partial charge is 0.431 e. The van der Waals surface area contributed by atoms with Gasteiger partial charge >= 0.3 is 13.8 Å². The number of hydrogen-bond donors (Lipinski definition) is 4. The number of urea groups is 1. The van der Waals surface area contributed by atoms with Crippen LogP contribution in [0.3, 0.4) is 0 Å². The van der Waals surface area contributed by atoms with Crippen molar-refractivity contribution in [3.63, 3.8) is 0 Å². The lowest BCUT2D eigenvalue weighted by molar-refractivity contribution is 0.155. The lowest BCUT2D eigenvalue weighted by Crippen LogP contribution is -2.25. The van der Waals surface area contributed by atoms with E-state index in [4.69, 9.17) is 14.5 Å². The van der Waals surface area contributed by atoms with Gasteiger partial charge in [0.15, 0.2) is 5.13 Å². The van der Waals surface area contributed by atoms with E-state index in [1.807, 2.05) is 12.1 Å². The monoisotopic (exact) mass is 371 g/mol. The molecule has 2 aromatic rings. The molecule has 1 aromatic carbocycles. The quantitative estimate of drug-likeness (QED) is 0.613. The van der Waals surface area contributed by atoms with Crippen molar-refractivity contribution in [2.45, 2.75) is 38.2 Å². The Labute approximate surface area is 142 Å². The van der Waals surface area contributed by atoms with E-state index in [0.29, 0.717) is 5.52 Å². The Morgan fingerprint density at radius 3 is 2.75 bits per heavy atom. The van der Waals surface area contributed by atoms with E-state index >= 15 is 0 Å². The molecule has 8 nitrogen and oxygen atoms in total. The van der Waals surface area contributed by atoms with E-state index in [-0.39, 0.29) is 11.2 Å². The normalized spacial score (nSPS) is 16.1. The first-order valence-corrected chi connectivity index (χ1v) is 10.0. The van der Waals surface area contributed by atoms with Gasteiger partial charge in [-0.05, 0) is 43.9 Å². The van der Waals surface area contributed by atoms with Crippen molar-refractivity contribution in [3.8, 4) is 5.75 Å². The average Bonchev–Trinajstić information content (AvgIpc) is 2.87. The van der Waals surface area contributed by atoms with Crippen molar-refractivity contribution in [1.82, 2.24) is 10.1 Å². The van der Waals surface area contributed by atoms with Crippen molar-refractivity contribution in [2.75, 3.05) is 5.32 Å². The van der Waals surface area contributed by atoms with E-state index in [0.717, 1.165) is 23.3 Å². The second kappa shape index (κ2) is 7.06. The molecule has 0 aliphatic heterocycles. The van der Waals surface area contributed by atoms with Crippen molar-refractivity contribution in [2.24, 2.45) is 0 Å². The molecule has 10 heteroatoms. The summed E-state index contributed by atoms with van der Waals surface area (Å²) in [4.78, 5) is 33.1. The maximum atomic E-state index is 11.5. The second-order valence-corrected chi connectivity index (χ2v) is 7.98. The van der Waals surface area contributed by atoms with Crippen LogP contribution >= 0.6 is 19.1 Å². The van der Waals surface area contributed by atoms with Gasteiger partial charge in [0, 0.05) is 0 Å². The summed E-state index contributed by atoms with van der Waals surface area (Å²) in [6.07, 6.45) is 6.02. The SMILES string of the molecule is O=C(Nc1nc2ccc(OC3CCCCC3)cc2s1)NP(=O)(O)O. The summed E-state index contributed by atoms with van der Waals surface area (Å²) < 4.78 is 17.6. The summed E-state index contributed by atoms with van der Waals surface area (Å²) >= 11 is 1.21. The minimum absolute atomic E-state index is 0.246. The fourth-order valence-electron chi connectivity index (χ4n) is 2.66. The topological polar surface area (TPSA) is 121 Å². The Balaban J connectivity index is 1.69. The number of nitrogens with one attached hydrogen (secondary N) is 2. The molecule has 0 unspecified atom stereocenters. The zero-order valence-corrected chi connectivity index (χ0v) is 14.5. The number of ether oxygens (including phenoxy) is 1. The molecule has 1 aromatic heterocycles. The molecule has 1 saturated carbocycles. The van der Waals surface area contributed by atoms with E-state index in [1.165, 1.54) is 35.7 Å². The van der Waals surface area contributed by atoms with E-state index in [9.17, 15) is 9.36 Å². The van der Waals surface area contributed by atoms with Crippen molar-refractivity contribution in [3.05, 3.63) is 18.2 Å². The van der Waals surface area contributed by atoms with Crippen LogP contribution in [0, 0.1) is 0 Å². The van der Waals surface area contributed by atoms with Gasteiger partial charge in [-0.3, -0.25) is 5.32 Å². The highest BCUT2D eigenvalue weighted by Gasteiger charge is 2.18. The van der Waals surface area contributed by atoms with Gasteiger partial charge in [-0.2, -0.15) is 0 Å². The van der Waals surface area contributed by atoms with Crippen LogP contribution in [0.15, 0.2) is 18.2 Å². The predicted molar refractivity (Wildman–Crippen MR) is 91.3 cm³/mol. The van der Waals surface area contributed by atoms with Gasteiger partial charge in [-0.25, -0.2) is 19.4 Å². The first kappa shape index (κ1) is 17.2. The summed E-state index contributed by atoms with van der Waals surface area (Å²) in [6, 6.07) is 4.51. The number of carbonyl (C=O) groups excluding carboxylic acids is 1. The largest absolute Gasteiger partial charge is 0.490 e. The van der Waals surface area contributed by atoms with Crippen molar-refractivity contribution >= 4 is 40.5 Å². The molecule has 0 bridgehead atoms. The van der Waals surface area contributed by atoms with Crippen LogP contribution in [0.4, 0.5) is 9.93 Å². The zero-order chi connectivity index (χ0) is 17.2. The van der Waals surface area contributed by atoms with Gasteiger partial charge < -0.3 is 14.5 Å². The predicted octanol–water partition coefficient (Wildman–Crippen LogP) is 3.22. The molecule has 0 radical (unpaired) electrons. The highest BCUT2D eigenvalue weighted by Crippen LogP contribution is 2.32. The fourth-order valence-corrected chi connectivity index (χ4v) is 3.87. The van der Waals surface area contributed by atoms with Gasteiger partial charge in [-0.1, -0.05) is 17.8 Å². The Kier molecular flexibility index (Phi) is 5.05. The third-order valence-corrected chi connectivity index (χ3v) is 5.11. The number of aromatic nitrogens is 1. The van der Waals surface area contributed by atoms with Crippen LogP contribution < -0.4 is 15.1 Å². The van der Waals surface area contributed by atoms with Crippen LogP contribution in [-0.2, 0) is 4.57 Å². The number of carbonyl (C=O) groups is 1. The molecule has 0 atom stereocenters. The lowest BCUT2D eigenvalue weighted by Gasteiger charge is -2.22. The highest BCUT2D eigenvalue weighted by atomic mass is 32.1. The van der Waals surface area contributed by atoms with Crippen LogP contribution in [0.2, 0.25) is 0 Å². The molecule has 3 rings (SSSR count). The third-order valence-electron chi connectivity index (χ3n) is 3.68. The maximum Gasteiger partial charge on any atom is 0.431 e. The minimum Gasteiger partial charge on any atom is -0.490 e. The number of nitrogens with zero attached hydrogens (tertiary/aromatic N) is 1. The van der Waals surface area contributed by atoms with Gasteiger partial charge in [-0.15, -0.1) is 0 Å². The summed E-state index contributed by atoms with van der Waals surface area (Å²) in [5, 5.41) is 4.10. The Hall–Kier alpha value is -1.67. The molecule has 0 spiro atoms. The molecule has 24 heavy (non-hydrogen) atoms. The van der Waals surface area contributed by atoms with Crippen molar-refractivity contribution < 1.29 is 23.9 Å². The van der Waals surface area contributed by atoms with Crippen LogP contribution in [0.1, 0.15) is 32.1 Å². The molecule has 2 amide bonds. The molecule has 0 saturated heterocycles. The number of benzene rings is 1. The zero-order valence-electron chi connectivity index (χ0n) is 12.8. The summed E-state index contributed by atoms with van der Waals surface area (Å²) in [7, 11) is -4.63. The Morgan fingerprint density at radius 2 is 2.04 bits per heavy atom. The van der Waals surface area contributed by atoms with Crippen molar-refractivity contribution in [1.29, 1.82) is 0 Å². The van der Waals surface area contributed by atoms with E-state index in [2.05, 4.69) is 10.3 Å². The van der Waals surface area contributed by atoms with E-state index in [1.54, 1.807) is 6.07 Å². The Morgan fingerprint density at radius 1 is 1.29 bits per heavy atom. The highest BCUT2D eigenvalue weighted by molar-refractivity contribution is 7.50. The molecule has 130 valence electrons. The van der Waals surface area contributed by atoms with E-state index < -0.39 is 13.8 Å². The third kappa shape index (κ3) is 4.67. The van der Waals surface area contributed by atoms with Crippen LogP contribution in [0.5, 0.6) is 5.75 Å². The average molecular weight is 371 g/mol. The molecular formula is C14H18N3O5PS. The Bertz CT molecular complexity index is 784. The number of anilines is 1. The molecule has 4 N–H and O–H groups in total. The number of thiazole rings is 1.